The first-order chi connectivity index (χ1) is 13.9. The second-order valence-corrected chi connectivity index (χ2v) is 9.19. The Kier molecular flexibility index (Phi) is 4.97. The normalized spacial score (nSPS) is 28.1. The van der Waals surface area contributed by atoms with Crippen molar-refractivity contribution in [3.05, 3.63) is 47.1 Å². The molecule has 2 aromatic heterocycles. The van der Waals surface area contributed by atoms with Gasteiger partial charge in [-0.3, -0.25) is 4.57 Å². The van der Waals surface area contributed by atoms with Crippen molar-refractivity contribution in [2.24, 2.45) is 0 Å². The zero-order chi connectivity index (χ0) is 20.2. The third kappa shape index (κ3) is 3.52. The van der Waals surface area contributed by atoms with Crippen LogP contribution in [0.5, 0.6) is 0 Å². The van der Waals surface area contributed by atoms with Crippen molar-refractivity contribution in [2.45, 2.75) is 49.1 Å². The first-order valence-electron chi connectivity index (χ1n) is 9.14. The number of rotatable bonds is 4. The minimum atomic E-state index is -0.701. The monoisotopic (exact) mass is 452 g/mol. The first-order valence-corrected chi connectivity index (χ1v) is 10.9. The van der Waals surface area contributed by atoms with E-state index in [9.17, 15) is 0 Å². The molecule has 0 aliphatic carbocycles. The summed E-state index contributed by atoms with van der Waals surface area (Å²) in [4.78, 5) is 13.7. The number of halogens is 2. The average Bonchev–Trinajstić information content (AvgIpc) is 3.33. The van der Waals surface area contributed by atoms with Crippen molar-refractivity contribution in [3.63, 3.8) is 0 Å². The first kappa shape index (κ1) is 19.5. The van der Waals surface area contributed by atoms with Crippen molar-refractivity contribution in [2.75, 3.05) is 5.75 Å². The van der Waals surface area contributed by atoms with E-state index >= 15 is 0 Å². The van der Waals surface area contributed by atoms with E-state index < -0.39 is 12.0 Å². The highest BCUT2D eigenvalue weighted by atomic mass is 35.5. The molecule has 0 amide bonds. The summed E-state index contributed by atoms with van der Waals surface area (Å²) in [6.07, 6.45) is 1.92. The Morgan fingerprint density at radius 2 is 1.90 bits per heavy atom. The minimum Gasteiger partial charge on any atom is -0.348 e. The molecule has 0 unspecified atom stereocenters. The van der Waals surface area contributed by atoms with Crippen LogP contribution in [-0.4, -0.2) is 49.4 Å². The number of fused-ring (bicyclic) bond motifs is 2. The molecule has 152 valence electrons. The SMILES string of the molecule is CC1(C)O[C@@H]2[C@@H](O1)[C@@H](CSc1ccccc1Cl)O[C@H]2n1cnc2c(Cl)ncnc21. The van der Waals surface area contributed by atoms with Gasteiger partial charge >= 0.3 is 0 Å². The average molecular weight is 453 g/mol. The second kappa shape index (κ2) is 7.37. The van der Waals surface area contributed by atoms with Gasteiger partial charge in [0.05, 0.1) is 17.5 Å². The van der Waals surface area contributed by atoms with Gasteiger partial charge in [-0.15, -0.1) is 11.8 Å². The van der Waals surface area contributed by atoms with Gasteiger partial charge in [-0.25, -0.2) is 15.0 Å². The van der Waals surface area contributed by atoms with Crippen molar-refractivity contribution in [1.29, 1.82) is 0 Å². The van der Waals surface area contributed by atoms with Crippen LogP contribution in [0.3, 0.4) is 0 Å². The van der Waals surface area contributed by atoms with Gasteiger partial charge in [0.1, 0.15) is 24.1 Å². The molecular weight excluding hydrogens is 435 g/mol. The maximum atomic E-state index is 6.38. The molecule has 7 nitrogen and oxygen atoms in total. The van der Waals surface area contributed by atoms with Crippen LogP contribution < -0.4 is 0 Å². The highest BCUT2D eigenvalue weighted by Crippen LogP contribution is 2.45. The molecule has 0 spiro atoms. The standard InChI is InChI=1S/C19H18Cl2N4O3S/c1-19(2)27-14-11(7-29-12-6-4-3-5-10(12)20)26-18(15(14)28-19)25-9-24-13-16(21)22-8-23-17(13)25/h3-6,8-9,11,14-15,18H,7H2,1-2H3/t11-,14+,15-,18-/m1/s1. The summed E-state index contributed by atoms with van der Waals surface area (Å²) in [5.74, 6) is -0.0309. The van der Waals surface area contributed by atoms with Gasteiger partial charge in [-0.2, -0.15) is 0 Å². The van der Waals surface area contributed by atoms with Gasteiger partial charge in [-0.1, -0.05) is 35.3 Å². The molecule has 5 rings (SSSR count). The van der Waals surface area contributed by atoms with Crippen LogP contribution in [0.25, 0.3) is 11.2 Å². The Hall–Kier alpha value is -1.42. The molecule has 2 aliphatic rings. The van der Waals surface area contributed by atoms with Crippen LogP contribution in [0.2, 0.25) is 10.2 Å². The predicted octanol–water partition coefficient (Wildman–Crippen LogP) is 4.34. The van der Waals surface area contributed by atoms with Crippen LogP contribution in [0, 0.1) is 0 Å². The lowest BCUT2D eigenvalue weighted by Gasteiger charge is -2.24. The maximum absolute atomic E-state index is 6.38. The predicted molar refractivity (Wildman–Crippen MR) is 110 cm³/mol. The molecule has 2 fully saturated rings. The van der Waals surface area contributed by atoms with Gasteiger partial charge in [-0.05, 0) is 26.0 Å². The lowest BCUT2D eigenvalue weighted by atomic mass is 10.1. The van der Waals surface area contributed by atoms with Crippen molar-refractivity contribution in [3.8, 4) is 0 Å². The number of hydrogen-bond acceptors (Lipinski definition) is 7. The fourth-order valence-corrected chi connectivity index (χ4v) is 5.23. The summed E-state index contributed by atoms with van der Waals surface area (Å²) in [5, 5.41) is 1.03. The van der Waals surface area contributed by atoms with Crippen LogP contribution in [0.4, 0.5) is 0 Å². The van der Waals surface area contributed by atoms with E-state index in [1.54, 1.807) is 18.1 Å². The lowest BCUT2D eigenvalue weighted by Crippen LogP contribution is -2.31. The van der Waals surface area contributed by atoms with E-state index in [0.717, 1.165) is 9.92 Å². The number of nitrogens with zero attached hydrogens (tertiary/aromatic N) is 4. The van der Waals surface area contributed by atoms with Gasteiger partial charge in [0.15, 0.2) is 22.8 Å². The fourth-order valence-electron chi connectivity index (χ4n) is 3.76. The molecule has 1 aromatic carbocycles. The molecule has 0 radical (unpaired) electrons. The summed E-state index contributed by atoms with van der Waals surface area (Å²) in [6, 6.07) is 7.76. The minimum absolute atomic E-state index is 0.192. The van der Waals surface area contributed by atoms with Crippen LogP contribution >= 0.6 is 35.0 Å². The van der Waals surface area contributed by atoms with Gasteiger partial charge in [0, 0.05) is 10.6 Å². The second-order valence-electron chi connectivity index (χ2n) is 7.36. The third-order valence-corrected chi connectivity index (χ3v) is 6.83. The van der Waals surface area contributed by atoms with E-state index in [1.807, 2.05) is 42.7 Å². The van der Waals surface area contributed by atoms with Gasteiger partial charge < -0.3 is 14.2 Å². The molecule has 4 atom stereocenters. The number of imidazole rings is 1. The Labute approximate surface area is 181 Å². The van der Waals surface area contributed by atoms with E-state index in [-0.39, 0.29) is 18.3 Å². The molecule has 29 heavy (non-hydrogen) atoms. The van der Waals surface area contributed by atoms with Gasteiger partial charge in [0.2, 0.25) is 0 Å². The van der Waals surface area contributed by atoms with Crippen LogP contribution in [0.1, 0.15) is 20.1 Å². The molecule has 0 N–H and O–H groups in total. The zero-order valence-electron chi connectivity index (χ0n) is 15.7. The Bertz CT molecular complexity index is 1060. The van der Waals surface area contributed by atoms with Crippen molar-refractivity contribution >= 4 is 46.1 Å². The Morgan fingerprint density at radius 1 is 1.10 bits per heavy atom. The Balaban J connectivity index is 1.44. The largest absolute Gasteiger partial charge is 0.348 e. The quantitative estimate of drug-likeness (QED) is 0.430. The van der Waals surface area contributed by atoms with Gasteiger partial charge in [0.25, 0.3) is 0 Å². The summed E-state index contributed by atoms with van der Waals surface area (Å²) in [6.45, 7) is 3.82. The molecule has 0 bridgehead atoms. The molecule has 10 heteroatoms. The van der Waals surface area contributed by atoms with E-state index in [4.69, 9.17) is 37.4 Å². The van der Waals surface area contributed by atoms with Crippen LogP contribution in [-0.2, 0) is 14.2 Å². The highest BCUT2D eigenvalue weighted by molar-refractivity contribution is 7.99. The summed E-state index contributed by atoms with van der Waals surface area (Å²) in [5.41, 5.74) is 1.13. The summed E-state index contributed by atoms with van der Waals surface area (Å²) < 4.78 is 20.6. The molecular formula is C19H18Cl2N4O3S. The highest BCUT2D eigenvalue weighted by Gasteiger charge is 2.56. The molecule has 2 saturated heterocycles. The Morgan fingerprint density at radius 3 is 2.72 bits per heavy atom. The van der Waals surface area contributed by atoms with Crippen molar-refractivity contribution in [1.82, 2.24) is 19.5 Å². The van der Waals surface area contributed by atoms with Crippen molar-refractivity contribution < 1.29 is 14.2 Å². The summed E-state index contributed by atoms with van der Waals surface area (Å²) >= 11 is 14.1. The number of benzene rings is 1. The zero-order valence-corrected chi connectivity index (χ0v) is 18.0. The number of ether oxygens (including phenoxy) is 3. The number of thioether (sulfide) groups is 1. The molecule has 2 aliphatic heterocycles. The number of hydrogen-bond donors (Lipinski definition) is 0. The third-order valence-electron chi connectivity index (χ3n) is 4.95. The molecule has 4 heterocycles. The lowest BCUT2D eigenvalue weighted by molar-refractivity contribution is -0.193. The van der Waals surface area contributed by atoms with E-state index in [0.29, 0.717) is 22.1 Å². The molecule has 0 saturated carbocycles. The fraction of sp³-hybridized carbons (Fsp3) is 0.421. The smallest absolute Gasteiger partial charge is 0.167 e. The topological polar surface area (TPSA) is 71.3 Å². The van der Waals surface area contributed by atoms with E-state index in [2.05, 4.69) is 15.0 Å². The summed E-state index contributed by atoms with van der Waals surface area (Å²) in [7, 11) is 0. The number of aromatic nitrogens is 4. The maximum Gasteiger partial charge on any atom is 0.167 e. The van der Waals surface area contributed by atoms with E-state index in [1.165, 1.54) is 6.33 Å². The molecule has 3 aromatic rings. The van der Waals surface area contributed by atoms with Crippen LogP contribution in [0.15, 0.2) is 41.8 Å².